The zero-order valence-electron chi connectivity index (χ0n) is 12.2. The Morgan fingerprint density at radius 1 is 1.05 bits per heavy atom. The molecule has 0 unspecified atom stereocenters. The standard InChI is InChI=1S/C16H20BrN3/c1-4-9-18-10-15-11(2)19-16(20-12(15)3)13-5-7-14(17)8-6-13/h5-8,18H,4,9-10H2,1-3H3. The van der Waals surface area contributed by atoms with E-state index in [1.165, 1.54) is 5.56 Å². The summed E-state index contributed by atoms with van der Waals surface area (Å²) in [6.45, 7) is 8.14. The van der Waals surface area contributed by atoms with E-state index in [4.69, 9.17) is 0 Å². The molecule has 0 aliphatic rings. The predicted molar refractivity (Wildman–Crippen MR) is 86.6 cm³/mol. The monoisotopic (exact) mass is 333 g/mol. The first kappa shape index (κ1) is 15.1. The van der Waals surface area contributed by atoms with Crippen molar-refractivity contribution in [2.24, 2.45) is 0 Å². The fraction of sp³-hybridized carbons (Fsp3) is 0.375. The molecule has 0 atom stereocenters. The Hall–Kier alpha value is -1.26. The average Bonchev–Trinajstić information content (AvgIpc) is 2.42. The molecule has 1 N–H and O–H groups in total. The normalized spacial score (nSPS) is 10.8. The lowest BCUT2D eigenvalue weighted by molar-refractivity contribution is 0.665. The molecule has 0 fully saturated rings. The molecule has 1 aromatic carbocycles. The van der Waals surface area contributed by atoms with Crippen LogP contribution in [0.5, 0.6) is 0 Å². The van der Waals surface area contributed by atoms with Crippen molar-refractivity contribution in [1.29, 1.82) is 0 Å². The number of hydrogen-bond acceptors (Lipinski definition) is 3. The van der Waals surface area contributed by atoms with Crippen molar-refractivity contribution in [1.82, 2.24) is 15.3 Å². The minimum absolute atomic E-state index is 0.798. The highest BCUT2D eigenvalue weighted by molar-refractivity contribution is 9.10. The first-order valence-electron chi connectivity index (χ1n) is 6.92. The summed E-state index contributed by atoms with van der Waals surface area (Å²) >= 11 is 3.44. The Morgan fingerprint density at radius 3 is 2.20 bits per heavy atom. The topological polar surface area (TPSA) is 37.8 Å². The number of benzene rings is 1. The molecule has 4 heteroatoms. The van der Waals surface area contributed by atoms with Crippen LogP contribution < -0.4 is 5.32 Å². The molecule has 0 aliphatic heterocycles. The molecular formula is C16H20BrN3. The minimum atomic E-state index is 0.798. The number of aryl methyl sites for hydroxylation is 2. The molecule has 0 saturated heterocycles. The van der Waals surface area contributed by atoms with Crippen LogP contribution in [0.1, 0.15) is 30.3 Å². The van der Waals surface area contributed by atoms with Gasteiger partial charge in [-0.25, -0.2) is 9.97 Å². The highest BCUT2D eigenvalue weighted by Gasteiger charge is 2.09. The molecule has 2 rings (SSSR count). The van der Waals surface area contributed by atoms with Crippen LogP contribution in [0.15, 0.2) is 28.7 Å². The molecule has 1 heterocycles. The van der Waals surface area contributed by atoms with Crippen LogP contribution >= 0.6 is 15.9 Å². The molecule has 0 saturated carbocycles. The predicted octanol–water partition coefficient (Wildman–Crippen LogP) is 4.02. The number of halogens is 1. The van der Waals surface area contributed by atoms with Gasteiger partial charge >= 0.3 is 0 Å². The second kappa shape index (κ2) is 6.95. The maximum Gasteiger partial charge on any atom is 0.159 e. The van der Waals surface area contributed by atoms with Gasteiger partial charge in [-0.1, -0.05) is 35.0 Å². The van der Waals surface area contributed by atoms with E-state index in [2.05, 4.69) is 52.0 Å². The Balaban J connectivity index is 2.27. The highest BCUT2D eigenvalue weighted by atomic mass is 79.9. The fourth-order valence-corrected chi connectivity index (χ4v) is 2.38. The molecule has 0 radical (unpaired) electrons. The highest BCUT2D eigenvalue weighted by Crippen LogP contribution is 2.21. The number of nitrogens with one attached hydrogen (secondary N) is 1. The molecule has 0 bridgehead atoms. The van der Waals surface area contributed by atoms with Crippen LogP contribution in [0.25, 0.3) is 11.4 Å². The molecule has 0 amide bonds. The third-order valence-corrected chi connectivity index (χ3v) is 3.78. The molecular weight excluding hydrogens is 314 g/mol. The summed E-state index contributed by atoms with van der Waals surface area (Å²) in [5.41, 5.74) is 4.37. The van der Waals surface area contributed by atoms with E-state index >= 15 is 0 Å². The number of rotatable bonds is 5. The van der Waals surface area contributed by atoms with Crippen LogP contribution in [0, 0.1) is 13.8 Å². The van der Waals surface area contributed by atoms with Gasteiger partial charge in [0.1, 0.15) is 0 Å². The molecule has 1 aromatic heterocycles. The number of nitrogens with zero attached hydrogens (tertiary/aromatic N) is 2. The van der Waals surface area contributed by atoms with Crippen molar-refractivity contribution < 1.29 is 0 Å². The van der Waals surface area contributed by atoms with E-state index in [0.717, 1.165) is 46.8 Å². The van der Waals surface area contributed by atoms with Gasteiger partial charge in [0.15, 0.2) is 5.82 Å². The van der Waals surface area contributed by atoms with Gasteiger partial charge in [-0.3, -0.25) is 0 Å². The zero-order valence-corrected chi connectivity index (χ0v) is 13.8. The Labute approximate surface area is 129 Å². The molecule has 20 heavy (non-hydrogen) atoms. The molecule has 0 spiro atoms. The maximum atomic E-state index is 4.65. The minimum Gasteiger partial charge on any atom is -0.313 e. The lowest BCUT2D eigenvalue weighted by Crippen LogP contribution is -2.17. The summed E-state index contributed by atoms with van der Waals surface area (Å²) < 4.78 is 1.06. The summed E-state index contributed by atoms with van der Waals surface area (Å²) in [6, 6.07) is 8.10. The summed E-state index contributed by atoms with van der Waals surface area (Å²) in [6.07, 6.45) is 1.13. The Kier molecular flexibility index (Phi) is 5.26. The van der Waals surface area contributed by atoms with Crippen LogP contribution in [0.2, 0.25) is 0 Å². The lowest BCUT2D eigenvalue weighted by atomic mass is 10.1. The SMILES string of the molecule is CCCNCc1c(C)nc(-c2ccc(Br)cc2)nc1C. The first-order chi connectivity index (χ1) is 9.61. The van der Waals surface area contributed by atoms with Crippen LogP contribution in [0.3, 0.4) is 0 Å². The molecule has 2 aromatic rings. The van der Waals surface area contributed by atoms with E-state index in [1.54, 1.807) is 0 Å². The number of aromatic nitrogens is 2. The van der Waals surface area contributed by atoms with Crippen molar-refractivity contribution in [3.8, 4) is 11.4 Å². The van der Waals surface area contributed by atoms with Crippen molar-refractivity contribution in [3.05, 3.63) is 45.7 Å². The average molecular weight is 334 g/mol. The van der Waals surface area contributed by atoms with Gasteiger partial charge in [0, 0.05) is 33.5 Å². The summed E-state index contributed by atoms with van der Waals surface area (Å²) in [7, 11) is 0. The van der Waals surface area contributed by atoms with Crippen molar-refractivity contribution in [3.63, 3.8) is 0 Å². The number of hydrogen-bond donors (Lipinski definition) is 1. The van der Waals surface area contributed by atoms with Crippen molar-refractivity contribution in [2.75, 3.05) is 6.54 Å². The first-order valence-corrected chi connectivity index (χ1v) is 7.72. The second-order valence-corrected chi connectivity index (χ2v) is 5.80. The van der Waals surface area contributed by atoms with Gasteiger partial charge in [-0.2, -0.15) is 0 Å². The molecule has 0 aliphatic carbocycles. The van der Waals surface area contributed by atoms with E-state index < -0.39 is 0 Å². The third kappa shape index (κ3) is 3.64. The van der Waals surface area contributed by atoms with Crippen molar-refractivity contribution in [2.45, 2.75) is 33.7 Å². The fourth-order valence-electron chi connectivity index (χ4n) is 2.11. The van der Waals surface area contributed by atoms with Gasteiger partial charge in [0.05, 0.1) is 0 Å². The summed E-state index contributed by atoms with van der Waals surface area (Å²) in [5, 5.41) is 3.41. The van der Waals surface area contributed by atoms with Gasteiger partial charge < -0.3 is 5.32 Å². The van der Waals surface area contributed by atoms with E-state index in [9.17, 15) is 0 Å². The van der Waals surface area contributed by atoms with Crippen LogP contribution in [-0.4, -0.2) is 16.5 Å². The van der Waals surface area contributed by atoms with E-state index in [1.807, 2.05) is 24.3 Å². The summed E-state index contributed by atoms with van der Waals surface area (Å²) in [5.74, 6) is 0.798. The maximum absolute atomic E-state index is 4.65. The van der Waals surface area contributed by atoms with E-state index in [0.29, 0.717) is 0 Å². The quantitative estimate of drug-likeness (QED) is 0.839. The van der Waals surface area contributed by atoms with E-state index in [-0.39, 0.29) is 0 Å². The van der Waals surface area contributed by atoms with Crippen LogP contribution in [-0.2, 0) is 6.54 Å². The van der Waals surface area contributed by atoms with Crippen molar-refractivity contribution >= 4 is 15.9 Å². The summed E-state index contributed by atoms with van der Waals surface area (Å²) in [4.78, 5) is 9.29. The second-order valence-electron chi connectivity index (χ2n) is 4.88. The van der Waals surface area contributed by atoms with Gasteiger partial charge in [0.25, 0.3) is 0 Å². The Morgan fingerprint density at radius 2 is 1.65 bits per heavy atom. The molecule has 3 nitrogen and oxygen atoms in total. The zero-order chi connectivity index (χ0) is 14.5. The smallest absolute Gasteiger partial charge is 0.159 e. The largest absolute Gasteiger partial charge is 0.313 e. The lowest BCUT2D eigenvalue weighted by Gasteiger charge is -2.11. The van der Waals surface area contributed by atoms with Gasteiger partial charge in [0.2, 0.25) is 0 Å². The van der Waals surface area contributed by atoms with Crippen LogP contribution in [0.4, 0.5) is 0 Å². The Bertz CT molecular complexity index is 556. The third-order valence-electron chi connectivity index (χ3n) is 3.25. The van der Waals surface area contributed by atoms with Gasteiger partial charge in [-0.05, 0) is 38.9 Å². The van der Waals surface area contributed by atoms with Gasteiger partial charge in [-0.15, -0.1) is 0 Å². The molecule has 106 valence electrons.